The smallest absolute Gasteiger partial charge is 0.229 e. The fourth-order valence-electron chi connectivity index (χ4n) is 1.95. The number of nitrogens with one attached hydrogen (secondary N) is 2. The van der Waals surface area contributed by atoms with Gasteiger partial charge in [0.05, 0.1) is 6.26 Å². The number of anilines is 3. The Balaban J connectivity index is 2.06. The highest BCUT2D eigenvalue weighted by molar-refractivity contribution is 7.92. The van der Waals surface area contributed by atoms with Gasteiger partial charge >= 0.3 is 0 Å². The summed E-state index contributed by atoms with van der Waals surface area (Å²) in [4.78, 5) is 0. The van der Waals surface area contributed by atoms with E-state index in [1.54, 1.807) is 12.1 Å². The van der Waals surface area contributed by atoms with Gasteiger partial charge in [-0.25, -0.2) is 8.42 Å². The molecule has 4 nitrogen and oxygen atoms in total. The Morgan fingerprint density at radius 1 is 0.810 bits per heavy atom. The second-order valence-electron chi connectivity index (χ2n) is 5.35. The average molecular weight is 304 g/mol. The molecule has 2 aromatic rings. The van der Waals surface area contributed by atoms with Crippen molar-refractivity contribution < 1.29 is 8.42 Å². The van der Waals surface area contributed by atoms with Crippen LogP contribution in [0.1, 0.15) is 25.3 Å². The maximum atomic E-state index is 11.1. The van der Waals surface area contributed by atoms with E-state index in [9.17, 15) is 8.42 Å². The van der Waals surface area contributed by atoms with E-state index >= 15 is 0 Å². The van der Waals surface area contributed by atoms with Gasteiger partial charge in [0, 0.05) is 17.1 Å². The van der Waals surface area contributed by atoms with Gasteiger partial charge in [-0.1, -0.05) is 26.0 Å². The van der Waals surface area contributed by atoms with Gasteiger partial charge in [0.1, 0.15) is 0 Å². The van der Waals surface area contributed by atoms with Gasteiger partial charge in [0.2, 0.25) is 10.0 Å². The van der Waals surface area contributed by atoms with Crippen LogP contribution in [0.25, 0.3) is 0 Å². The fourth-order valence-corrected chi connectivity index (χ4v) is 2.52. The van der Waals surface area contributed by atoms with Crippen molar-refractivity contribution in [2.75, 3.05) is 16.3 Å². The Kier molecular flexibility index (Phi) is 4.53. The van der Waals surface area contributed by atoms with Gasteiger partial charge in [-0.2, -0.15) is 0 Å². The Bertz CT molecular complexity index is 690. The maximum Gasteiger partial charge on any atom is 0.229 e. The second kappa shape index (κ2) is 6.18. The van der Waals surface area contributed by atoms with E-state index in [1.165, 1.54) is 5.56 Å². The normalized spacial score (nSPS) is 11.4. The standard InChI is InChI=1S/C16H20N2O2S/c1-12(2)13-4-6-14(7-5-13)17-15-8-10-16(11-9-15)18-21(3,19)20/h4-12,17-18H,1-3H3. The first-order valence-electron chi connectivity index (χ1n) is 6.78. The summed E-state index contributed by atoms with van der Waals surface area (Å²) < 4.78 is 24.7. The minimum Gasteiger partial charge on any atom is -0.356 e. The molecule has 0 saturated heterocycles. The largest absolute Gasteiger partial charge is 0.356 e. The molecule has 2 rings (SSSR count). The lowest BCUT2D eigenvalue weighted by atomic mass is 10.0. The van der Waals surface area contributed by atoms with E-state index in [0.717, 1.165) is 17.6 Å². The third kappa shape index (κ3) is 4.79. The average Bonchev–Trinajstić information content (AvgIpc) is 2.40. The van der Waals surface area contributed by atoms with Crippen LogP contribution in [0.2, 0.25) is 0 Å². The number of hydrogen-bond acceptors (Lipinski definition) is 3. The van der Waals surface area contributed by atoms with Crippen LogP contribution < -0.4 is 10.0 Å². The lowest BCUT2D eigenvalue weighted by Gasteiger charge is -2.10. The zero-order valence-electron chi connectivity index (χ0n) is 12.4. The van der Waals surface area contributed by atoms with Crippen molar-refractivity contribution in [3.05, 3.63) is 54.1 Å². The van der Waals surface area contributed by atoms with Crippen LogP contribution >= 0.6 is 0 Å². The van der Waals surface area contributed by atoms with Crippen molar-refractivity contribution in [2.24, 2.45) is 0 Å². The highest BCUT2D eigenvalue weighted by Gasteiger charge is 2.02. The van der Waals surface area contributed by atoms with E-state index < -0.39 is 10.0 Å². The van der Waals surface area contributed by atoms with E-state index in [1.807, 2.05) is 24.3 Å². The van der Waals surface area contributed by atoms with E-state index in [2.05, 4.69) is 36.0 Å². The molecular formula is C16H20N2O2S. The highest BCUT2D eigenvalue weighted by atomic mass is 32.2. The van der Waals surface area contributed by atoms with Gasteiger partial charge in [-0.15, -0.1) is 0 Å². The predicted octanol–water partition coefficient (Wildman–Crippen LogP) is 3.93. The Morgan fingerprint density at radius 3 is 1.67 bits per heavy atom. The number of rotatable bonds is 5. The number of benzene rings is 2. The minimum absolute atomic E-state index is 0.514. The quantitative estimate of drug-likeness (QED) is 0.880. The van der Waals surface area contributed by atoms with Gasteiger partial charge in [0.15, 0.2) is 0 Å². The van der Waals surface area contributed by atoms with Crippen LogP contribution in [0.5, 0.6) is 0 Å². The van der Waals surface area contributed by atoms with Crippen LogP contribution in [-0.2, 0) is 10.0 Å². The Labute approximate surface area is 126 Å². The van der Waals surface area contributed by atoms with E-state index in [-0.39, 0.29) is 0 Å². The van der Waals surface area contributed by atoms with Gasteiger partial charge in [-0.05, 0) is 47.9 Å². The molecule has 0 aliphatic heterocycles. The summed E-state index contributed by atoms with van der Waals surface area (Å²) in [6.07, 6.45) is 1.13. The Morgan fingerprint density at radius 2 is 1.24 bits per heavy atom. The zero-order chi connectivity index (χ0) is 15.5. The van der Waals surface area contributed by atoms with Crippen LogP contribution in [0.3, 0.4) is 0 Å². The summed E-state index contributed by atoms with van der Waals surface area (Å²) in [5.41, 5.74) is 3.76. The predicted molar refractivity (Wildman–Crippen MR) is 88.7 cm³/mol. The summed E-state index contributed by atoms with van der Waals surface area (Å²) in [6, 6.07) is 15.4. The first-order chi connectivity index (χ1) is 9.83. The molecule has 0 aliphatic carbocycles. The molecule has 2 aromatic carbocycles. The fraction of sp³-hybridized carbons (Fsp3) is 0.250. The molecule has 0 saturated carbocycles. The lowest BCUT2D eigenvalue weighted by molar-refractivity contribution is 0.607. The van der Waals surface area contributed by atoms with Crippen LogP contribution in [0, 0.1) is 0 Å². The SMILES string of the molecule is CC(C)c1ccc(Nc2ccc(NS(C)(=O)=O)cc2)cc1. The van der Waals surface area contributed by atoms with Gasteiger partial charge in [-0.3, -0.25) is 4.72 Å². The molecule has 0 unspecified atom stereocenters. The third-order valence-corrected chi connectivity index (χ3v) is 3.66. The van der Waals surface area contributed by atoms with Crippen molar-refractivity contribution in [3.63, 3.8) is 0 Å². The van der Waals surface area contributed by atoms with Crippen molar-refractivity contribution >= 4 is 27.1 Å². The molecule has 0 aliphatic rings. The summed E-state index contributed by atoms with van der Waals surface area (Å²) in [6.45, 7) is 4.33. The first kappa shape index (κ1) is 15.4. The molecule has 0 fully saturated rings. The summed E-state index contributed by atoms with van der Waals surface area (Å²) >= 11 is 0. The molecule has 112 valence electrons. The molecule has 21 heavy (non-hydrogen) atoms. The van der Waals surface area contributed by atoms with Crippen LogP contribution in [-0.4, -0.2) is 14.7 Å². The summed E-state index contributed by atoms with van der Waals surface area (Å²) in [5, 5.41) is 3.28. The molecular weight excluding hydrogens is 284 g/mol. The lowest BCUT2D eigenvalue weighted by Crippen LogP contribution is -2.09. The second-order valence-corrected chi connectivity index (χ2v) is 7.10. The topological polar surface area (TPSA) is 58.2 Å². The molecule has 0 spiro atoms. The van der Waals surface area contributed by atoms with Crippen molar-refractivity contribution in [1.82, 2.24) is 0 Å². The molecule has 0 atom stereocenters. The number of hydrogen-bond donors (Lipinski definition) is 2. The molecule has 5 heteroatoms. The van der Waals surface area contributed by atoms with Gasteiger partial charge < -0.3 is 5.32 Å². The number of sulfonamides is 1. The zero-order valence-corrected chi connectivity index (χ0v) is 13.2. The van der Waals surface area contributed by atoms with Crippen molar-refractivity contribution in [3.8, 4) is 0 Å². The van der Waals surface area contributed by atoms with Crippen molar-refractivity contribution in [1.29, 1.82) is 0 Å². The van der Waals surface area contributed by atoms with Crippen LogP contribution in [0.4, 0.5) is 17.1 Å². The molecule has 0 radical (unpaired) electrons. The van der Waals surface area contributed by atoms with E-state index in [0.29, 0.717) is 11.6 Å². The minimum atomic E-state index is -3.23. The maximum absolute atomic E-state index is 11.1. The Hall–Kier alpha value is -2.01. The molecule has 0 bridgehead atoms. The monoisotopic (exact) mass is 304 g/mol. The van der Waals surface area contributed by atoms with Crippen LogP contribution in [0.15, 0.2) is 48.5 Å². The molecule has 0 aromatic heterocycles. The van der Waals surface area contributed by atoms with E-state index in [4.69, 9.17) is 0 Å². The highest BCUT2D eigenvalue weighted by Crippen LogP contribution is 2.22. The summed E-state index contributed by atoms with van der Waals surface area (Å²) in [5.74, 6) is 0.514. The first-order valence-corrected chi connectivity index (χ1v) is 8.67. The molecule has 2 N–H and O–H groups in total. The summed E-state index contributed by atoms with van der Waals surface area (Å²) in [7, 11) is -3.23. The molecule has 0 heterocycles. The third-order valence-electron chi connectivity index (χ3n) is 3.05. The van der Waals surface area contributed by atoms with Gasteiger partial charge in [0.25, 0.3) is 0 Å². The molecule has 0 amide bonds. The van der Waals surface area contributed by atoms with Crippen molar-refractivity contribution in [2.45, 2.75) is 19.8 Å².